The van der Waals surface area contributed by atoms with Gasteiger partial charge >= 0.3 is 0 Å². The maximum Gasteiger partial charge on any atom is 0.244 e. The summed E-state index contributed by atoms with van der Waals surface area (Å²) in [5, 5.41) is 2.15. The van der Waals surface area contributed by atoms with E-state index in [-0.39, 0.29) is 18.9 Å². The van der Waals surface area contributed by atoms with Gasteiger partial charge in [-0.3, -0.25) is 4.79 Å². The smallest absolute Gasteiger partial charge is 0.244 e. The number of ketones is 1. The Bertz CT molecular complexity index is 1340. The number of rotatable bonds is 9. The summed E-state index contributed by atoms with van der Waals surface area (Å²) in [5.41, 5.74) is 2.27. The fraction of sp³-hybridized carbons (Fsp3) is 0.154. The van der Waals surface area contributed by atoms with E-state index in [0.717, 1.165) is 15.6 Å². The van der Waals surface area contributed by atoms with E-state index in [4.69, 9.17) is 51.1 Å². The van der Waals surface area contributed by atoms with Gasteiger partial charge in [-0.25, -0.2) is 9.13 Å². The lowest BCUT2D eigenvalue weighted by molar-refractivity contribution is -0.682. The molecule has 0 radical (unpaired) electrons. The van der Waals surface area contributed by atoms with Crippen molar-refractivity contribution in [1.29, 1.82) is 0 Å². The molecule has 0 spiro atoms. The van der Waals surface area contributed by atoms with Gasteiger partial charge in [0, 0.05) is 35.7 Å². The van der Waals surface area contributed by atoms with Crippen LogP contribution >= 0.6 is 62.3 Å². The molecule has 4 aromatic rings. The summed E-state index contributed by atoms with van der Waals surface area (Å²) in [4.78, 5) is 12.6. The second kappa shape index (κ2) is 11.9. The monoisotopic (exact) mass is 611 g/mol. The van der Waals surface area contributed by atoms with Crippen molar-refractivity contribution in [3.8, 4) is 0 Å². The van der Waals surface area contributed by atoms with Crippen LogP contribution in [0.1, 0.15) is 27.6 Å². The van der Waals surface area contributed by atoms with E-state index < -0.39 is 6.10 Å². The molecule has 0 fully saturated rings. The van der Waals surface area contributed by atoms with Crippen LogP contribution in [0, 0.1) is 0 Å². The van der Waals surface area contributed by atoms with Gasteiger partial charge in [0.2, 0.25) is 12.1 Å². The fourth-order valence-corrected chi connectivity index (χ4v) is 4.81. The van der Waals surface area contributed by atoms with E-state index in [1.54, 1.807) is 36.4 Å². The van der Waals surface area contributed by atoms with Gasteiger partial charge in [-0.2, -0.15) is 0 Å². The lowest BCUT2D eigenvalue weighted by atomic mass is 10.1. The van der Waals surface area contributed by atoms with Crippen LogP contribution < -0.4 is 4.57 Å². The van der Waals surface area contributed by atoms with Crippen LogP contribution in [-0.4, -0.2) is 10.4 Å². The summed E-state index contributed by atoms with van der Waals surface area (Å²) in [6.07, 6.45) is 5.22. The summed E-state index contributed by atoms with van der Waals surface area (Å²) >= 11 is 28.3. The molecule has 35 heavy (non-hydrogen) atoms. The van der Waals surface area contributed by atoms with Crippen molar-refractivity contribution in [2.75, 3.05) is 0 Å². The molecule has 3 aromatic carbocycles. The molecule has 0 saturated carbocycles. The van der Waals surface area contributed by atoms with Gasteiger partial charge in [-0.15, -0.1) is 0 Å². The molecule has 1 unspecified atom stereocenters. The quantitative estimate of drug-likeness (QED) is 0.142. The number of benzene rings is 3. The average molecular weight is 614 g/mol. The first kappa shape index (κ1) is 26.2. The molecule has 4 rings (SSSR count). The van der Waals surface area contributed by atoms with Crippen LogP contribution in [-0.2, 0) is 24.4 Å². The number of imidazole rings is 1. The highest BCUT2D eigenvalue weighted by Crippen LogP contribution is 2.31. The predicted molar refractivity (Wildman–Crippen MR) is 144 cm³/mol. The van der Waals surface area contributed by atoms with Crippen LogP contribution in [0.2, 0.25) is 20.1 Å². The van der Waals surface area contributed by atoms with Crippen molar-refractivity contribution in [2.24, 2.45) is 0 Å². The average Bonchev–Trinajstić information content (AvgIpc) is 3.25. The van der Waals surface area contributed by atoms with Gasteiger partial charge in [-0.05, 0) is 42.0 Å². The number of nitrogens with zero attached hydrogens (tertiary/aromatic N) is 2. The Balaban J connectivity index is 1.51. The number of carbonyl (C=O) groups is 1. The molecule has 9 heteroatoms. The van der Waals surface area contributed by atoms with Crippen LogP contribution in [0.5, 0.6) is 0 Å². The lowest BCUT2D eigenvalue weighted by Crippen LogP contribution is -2.36. The molecular weight excluding hydrogens is 594 g/mol. The van der Waals surface area contributed by atoms with Gasteiger partial charge in [-0.1, -0.05) is 86.6 Å². The number of ether oxygens (including phenoxy) is 1. The van der Waals surface area contributed by atoms with Crippen LogP contribution in [0.15, 0.2) is 83.9 Å². The Morgan fingerprint density at radius 3 is 2.31 bits per heavy atom. The molecule has 0 saturated heterocycles. The van der Waals surface area contributed by atoms with Crippen LogP contribution in [0.25, 0.3) is 0 Å². The zero-order valence-corrected chi connectivity index (χ0v) is 22.9. The molecular formula is C26H20BrCl4N2O2+. The number of hydrogen-bond acceptors (Lipinski definition) is 2. The van der Waals surface area contributed by atoms with Gasteiger partial charge < -0.3 is 4.74 Å². The van der Waals surface area contributed by atoms with E-state index in [2.05, 4.69) is 15.9 Å². The highest BCUT2D eigenvalue weighted by atomic mass is 79.9. The third-order valence-electron chi connectivity index (χ3n) is 5.38. The number of hydrogen-bond donors (Lipinski definition) is 0. The van der Waals surface area contributed by atoms with Crippen molar-refractivity contribution in [3.05, 3.63) is 121 Å². The van der Waals surface area contributed by atoms with E-state index >= 15 is 0 Å². The SMILES string of the molecule is O=C(C[n+]1ccn(CC(OCc2ccc(Cl)cc2Cl)c2ccc(Cl)cc2Cl)c1)c1ccc(Br)cc1. The molecule has 0 amide bonds. The first-order chi connectivity index (χ1) is 16.8. The summed E-state index contributed by atoms with van der Waals surface area (Å²) in [7, 11) is 0. The van der Waals surface area contributed by atoms with Crippen molar-refractivity contribution in [1.82, 2.24) is 4.57 Å². The summed E-state index contributed by atoms with van der Waals surface area (Å²) < 4.78 is 11.0. The third kappa shape index (κ3) is 7.10. The second-order valence-electron chi connectivity index (χ2n) is 7.91. The standard InChI is InChI=1S/C26H20BrCl4N2O2/c27-19-4-1-17(2-5-19)25(34)13-32-9-10-33(16-32)14-26(22-8-7-21(29)12-24(22)31)35-15-18-3-6-20(28)11-23(18)30/h1-12,16,26H,13-15H2/q+1. The Morgan fingerprint density at radius 1 is 0.943 bits per heavy atom. The molecule has 4 nitrogen and oxygen atoms in total. The third-order valence-corrected chi connectivity index (χ3v) is 7.06. The highest BCUT2D eigenvalue weighted by molar-refractivity contribution is 9.10. The first-order valence-corrected chi connectivity index (χ1v) is 12.9. The highest BCUT2D eigenvalue weighted by Gasteiger charge is 2.21. The normalized spacial score (nSPS) is 12.0. The predicted octanol–water partition coefficient (Wildman–Crippen LogP) is 7.99. The molecule has 0 aliphatic rings. The molecule has 0 N–H and O–H groups in total. The van der Waals surface area contributed by atoms with Gasteiger partial charge in [0.05, 0.1) is 6.61 Å². The second-order valence-corrected chi connectivity index (χ2v) is 10.5. The van der Waals surface area contributed by atoms with Gasteiger partial charge in [0.1, 0.15) is 25.0 Å². The maximum atomic E-state index is 12.6. The summed E-state index contributed by atoms with van der Waals surface area (Å²) in [6.45, 7) is 0.956. The zero-order chi connectivity index (χ0) is 24.9. The minimum absolute atomic E-state index is 0.0196. The number of carbonyl (C=O) groups excluding carboxylic acids is 1. The minimum Gasteiger partial charge on any atom is -0.365 e. The summed E-state index contributed by atoms with van der Waals surface area (Å²) in [6, 6.07) is 17.9. The Kier molecular flexibility index (Phi) is 8.92. The minimum atomic E-state index is -0.394. The summed E-state index contributed by atoms with van der Waals surface area (Å²) in [5.74, 6) is 0.0196. The van der Waals surface area contributed by atoms with E-state index in [9.17, 15) is 4.79 Å². The fourth-order valence-electron chi connectivity index (χ4n) is 3.56. The number of Topliss-reactive ketones (excluding diaryl/α,β-unsaturated/α-hetero) is 1. The van der Waals surface area contributed by atoms with Gasteiger partial charge in [0.15, 0.2) is 6.54 Å². The molecule has 1 aromatic heterocycles. The van der Waals surface area contributed by atoms with Crippen molar-refractivity contribution in [2.45, 2.75) is 25.8 Å². The molecule has 0 aliphatic carbocycles. The largest absolute Gasteiger partial charge is 0.365 e. The van der Waals surface area contributed by atoms with Crippen LogP contribution in [0.3, 0.4) is 0 Å². The topological polar surface area (TPSA) is 35.1 Å². The van der Waals surface area contributed by atoms with E-state index in [1.807, 2.05) is 52.1 Å². The lowest BCUT2D eigenvalue weighted by Gasteiger charge is -2.19. The maximum absolute atomic E-state index is 12.6. The Labute approximate surface area is 232 Å². The zero-order valence-electron chi connectivity index (χ0n) is 18.3. The van der Waals surface area contributed by atoms with E-state index in [0.29, 0.717) is 32.2 Å². The Morgan fingerprint density at radius 2 is 1.63 bits per heavy atom. The van der Waals surface area contributed by atoms with Crippen molar-refractivity contribution >= 4 is 68.1 Å². The molecule has 1 heterocycles. The molecule has 0 bridgehead atoms. The number of halogens is 5. The van der Waals surface area contributed by atoms with Crippen molar-refractivity contribution in [3.63, 3.8) is 0 Å². The molecule has 180 valence electrons. The van der Waals surface area contributed by atoms with Crippen LogP contribution in [0.4, 0.5) is 0 Å². The molecule has 1 atom stereocenters. The van der Waals surface area contributed by atoms with E-state index in [1.165, 1.54) is 0 Å². The Hall–Kier alpha value is -1.86. The van der Waals surface area contributed by atoms with Gasteiger partial charge in [0.25, 0.3) is 0 Å². The first-order valence-electron chi connectivity index (χ1n) is 10.6. The molecule has 0 aliphatic heterocycles. The number of aromatic nitrogens is 2. The van der Waals surface area contributed by atoms with Crippen molar-refractivity contribution < 1.29 is 14.1 Å².